The normalized spacial score (nSPS) is 10.2. The van der Waals surface area contributed by atoms with Gasteiger partial charge in [-0.15, -0.1) is 0 Å². The third-order valence-corrected chi connectivity index (χ3v) is 3.74. The van der Waals surface area contributed by atoms with Crippen LogP contribution < -0.4 is 15.4 Å². The van der Waals surface area contributed by atoms with Crippen LogP contribution in [0.3, 0.4) is 0 Å². The van der Waals surface area contributed by atoms with E-state index in [1.165, 1.54) is 19.2 Å². The number of nitriles is 1. The van der Waals surface area contributed by atoms with Crippen molar-refractivity contribution in [3.8, 4) is 11.8 Å². The van der Waals surface area contributed by atoms with E-state index in [0.717, 1.165) is 0 Å². The first-order chi connectivity index (χ1) is 12.5. The Morgan fingerprint density at radius 3 is 2.77 bits per heavy atom. The number of halogens is 1. The number of nitrogens with one attached hydrogen (secondary N) is 2. The van der Waals surface area contributed by atoms with Crippen LogP contribution in [0.15, 0.2) is 42.5 Å². The Bertz CT molecular complexity index is 1040. The first kappa shape index (κ1) is 17.2. The van der Waals surface area contributed by atoms with Crippen molar-refractivity contribution in [2.75, 3.05) is 17.7 Å². The molecule has 0 saturated heterocycles. The second kappa shape index (κ2) is 7.07. The largest absolute Gasteiger partial charge is 0.495 e. The minimum Gasteiger partial charge on any atom is -0.495 e. The van der Waals surface area contributed by atoms with E-state index in [2.05, 4.69) is 15.6 Å². The minimum atomic E-state index is -0.518. The number of amides is 2. The molecule has 3 rings (SSSR count). The van der Waals surface area contributed by atoms with E-state index in [9.17, 15) is 9.18 Å². The number of hydrogen-bond donors (Lipinski definition) is 2. The molecule has 26 heavy (non-hydrogen) atoms. The third kappa shape index (κ3) is 3.39. The summed E-state index contributed by atoms with van der Waals surface area (Å²) in [5, 5.41) is 15.0. The third-order valence-electron chi connectivity index (χ3n) is 3.74. The van der Waals surface area contributed by atoms with E-state index < -0.39 is 11.8 Å². The lowest BCUT2D eigenvalue weighted by atomic mass is 10.1. The van der Waals surface area contributed by atoms with Gasteiger partial charge in [0.25, 0.3) is 0 Å². The number of methoxy groups -OCH3 is 1. The number of carbonyl (C=O) groups is 1. The van der Waals surface area contributed by atoms with Crippen LogP contribution in [0.4, 0.5) is 20.6 Å². The summed E-state index contributed by atoms with van der Waals surface area (Å²) in [6.45, 7) is 1.72. The van der Waals surface area contributed by atoms with Crippen LogP contribution in [0.25, 0.3) is 10.9 Å². The zero-order chi connectivity index (χ0) is 18.7. The van der Waals surface area contributed by atoms with E-state index in [0.29, 0.717) is 33.8 Å². The number of para-hydroxylation sites is 1. The van der Waals surface area contributed by atoms with E-state index in [1.807, 2.05) is 6.07 Å². The highest BCUT2D eigenvalue weighted by Gasteiger charge is 2.11. The molecule has 2 N–H and O–H groups in total. The predicted molar refractivity (Wildman–Crippen MR) is 96.8 cm³/mol. The summed E-state index contributed by atoms with van der Waals surface area (Å²) < 4.78 is 19.0. The van der Waals surface area contributed by atoms with Gasteiger partial charge in [-0.1, -0.05) is 12.1 Å². The molecule has 3 aromatic rings. The summed E-state index contributed by atoms with van der Waals surface area (Å²) in [4.78, 5) is 16.5. The molecule has 2 aromatic carbocycles. The van der Waals surface area contributed by atoms with Gasteiger partial charge in [0.05, 0.1) is 18.4 Å². The number of pyridine rings is 1. The molecule has 7 heteroatoms. The van der Waals surface area contributed by atoms with Gasteiger partial charge in [0.2, 0.25) is 0 Å². The van der Waals surface area contributed by atoms with Crippen LogP contribution in [-0.2, 0) is 0 Å². The molecular weight excluding hydrogens is 335 g/mol. The Kier molecular flexibility index (Phi) is 4.67. The van der Waals surface area contributed by atoms with Crippen LogP contribution in [0.5, 0.6) is 5.75 Å². The topological polar surface area (TPSA) is 87.0 Å². The average molecular weight is 350 g/mol. The summed E-state index contributed by atoms with van der Waals surface area (Å²) in [6, 6.07) is 12.4. The van der Waals surface area contributed by atoms with E-state index >= 15 is 0 Å². The van der Waals surface area contributed by atoms with Gasteiger partial charge < -0.3 is 15.4 Å². The van der Waals surface area contributed by atoms with Gasteiger partial charge >= 0.3 is 6.03 Å². The summed E-state index contributed by atoms with van der Waals surface area (Å²) in [5.41, 5.74) is 1.95. The molecule has 1 heterocycles. The van der Waals surface area contributed by atoms with Crippen LogP contribution in [0.1, 0.15) is 11.3 Å². The van der Waals surface area contributed by atoms with Gasteiger partial charge in [-0.05, 0) is 37.3 Å². The number of nitrogens with zero attached hydrogens (tertiary/aromatic N) is 2. The second-order valence-electron chi connectivity index (χ2n) is 5.55. The molecule has 0 aliphatic carbocycles. The number of aryl methyl sites for hydroxylation is 1. The number of benzene rings is 2. The predicted octanol–water partition coefficient (Wildman–Crippen LogP) is 4.21. The molecule has 0 aliphatic heterocycles. The number of hydrogen-bond acceptors (Lipinski definition) is 4. The van der Waals surface area contributed by atoms with Crippen molar-refractivity contribution in [1.82, 2.24) is 4.98 Å². The summed E-state index contributed by atoms with van der Waals surface area (Å²) in [6.07, 6.45) is 0. The Balaban J connectivity index is 1.86. The average Bonchev–Trinajstić information content (AvgIpc) is 2.62. The Morgan fingerprint density at radius 2 is 2.04 bits per heavy atom. The number of urea groups is 1. The SMILES string of the molecule is COc1ccc(NC(=O)Nc2cc(C)nc3c(F)cccc23)cc1C#N. The highest BCUT2D eigenvalue weighted by molar-refractivity contribution is 6.05. The van der Waals surface area contributed by atoms with Crippen LogP contribution in [0.2, 0.25) is 0 Å². The fraction of sp³-hybridized carbons (Fsp3) is 0.105. The van der Waals surface area contributed by atoms with Crippen LogP contribution >= 0.6 is 0 Å². The van der Waals surface area contributed by atoms with E-state index in [1.54, 1.807) is 37.3 Å². The maximum Gasteiger partial charge on any atom is 0.323 e. The summed E-state index contributed by atoms with van der Waals surface area (Å²) >= 11 is 0. The van der Waals surface area contributed by atoms with E-state index in [-0.39, 0.29) is 5.52 Å². The summed E-state index contributed by atoms with van der Waals surface area (Å²) in [5.74, 6) is -0.0341. The van der Waals surface area contributed by atoms with Crippen LogP contribution in [0, 0.1) is 24.1 Å². The Morgan fingerprint density at radius 1 is 1.23 bits per heavy atom. The fourth-order valence-corrected chi connectivity index (χ4v) is 2.60. The van der Waals surface area contributed by atoms with Crippen molar-refractivity contribution >= 4 is 28.3 Å². The molecule has 0 atom stereocenters. The molecular formula is C19H15FN4O2. The summed E-state index contributed by atoms with van der Waals surface area (Å²) in [7, 11) is 1.46. The van der Waals surface area contributed by atoms with Gasteiger partial charge in [-0.25, -0.2) is 14.2 Å². The molecule has 0 radical (unpaired) electrons. The first-order valence-electron chi connectivity index (χ1n) is 7.74. The van der Waals surface area contributed by atoms with E-state index in [4.69, 9.17) is 10.00 Å². The Labute approximate surface area is 149 Å². The molecule has 0 bridgehead atoms. The first-order valence-corrected chi connectivity index (χ1v) is 7.74. The van der Waals surface area contributed by atoms with Crippen molar-refractivity contribution in [1.29, 1.82) is 5.26 Å². The number of anilines is 2. The van der Waals surface area contributed by atoms with Crippen molar-refractivity contribution < 1.29 is 13.9 Å². The highest BCUT2D eigenvalue weighted by Crippen LogP contribution is 2.26. The number of rotatable bonds is 3. The molecule has 1 aromatic heterocycles. The molecule has 130 valence electrons. The number of fused-ring (bicyclic) bond motifs is 1. The molecule has 6 nitrogen and oxygen atoms in total. The standard InChI is InChI=1S/C19H15FN4O2/c1-11-8-16(14-4-3-5-15(20)18(14)22-11)24-19(25)23-13-6-7-17(26-2)12(9-13)10-21/h3-9H,1-2H3,(H2,22,23,24,25). The minimum absolute atomic E-state index is 0.194. The molecule has 0 fully saturated rings. The zero-order valence-corrected chi connectivity index (χ0v) is 14.1. The van der Waals surface area contributed by atoms with Gasteiger partial charge in [-0.3, -0.25) is 0 Å². The molecule has 0 spiro atoms. The zero-order valence-electron chi connectivity index (χ0n) is 14.1. The maximum atomic E-state index is 14.0. The fourth-order valence-electron chi connectivity index (χ4n) is 2.60. The Hall–Kier alpha value is -3.66. The molecule has 0 unspecified atom stereocenters. The van der Waals surface area contributed by atoms with Crippen molar-refractivity contribution in [2.45, 2.75) is 6.92 Å². The number of aromatic nitrogens is 1. The monoisotopic (exact) mass is 350 g/mol. The van der Waals surface area contributed by atoms with Crippen LogP contribution in [-0.4, -0.2) is 18.1 Å². The second-order valence-corrected chi connectivity index (χ2v) is 5.55. The number of carbonyl (C=O) groups excluding carboxylic acids is 1. The van der Waals surface area contributed by atoms with Gasteiger partial charge in [-0.2, -0.15) is 5.26 Å². The lowest BCUT2D eigenvalue weighted by Gasteiger charge is -2.12. The van der Waals surface area contributed by atoms with Gasteiger partial charge in [0, 0.05) is 16.8 Å². The quantitative estimate of drug-likeness (QED) is 0.741. The van der Waals surface area contributed by atoms with Crippen molar-refractivity contribution in [3.05, 3.63) is 59.5 Å². The van der Waals surface area contributed by atoms with Crippen molar-refractivity contribution in [2.24, 2.45) is 0 Å². The number of ether oxygens (including phenoxy) is 1. The smallest absolute Gasteiger partial charge is 0.323 e. The van der Waals surface area contributed by atoms with Gasteiger partial charge in [0.15, 0.2) is 0 Å². The molecule has 0 aliphatic rings. The van der Waals surface area contributed by atoms with Crippen molar-refractivity contribution in [3.63, 3.8) is 0 Å². The maximum absolute atomic E-state index is 14.0. The van der Waals surface area contributed by atoms with Gasteiger partial charge in [0.1, 0.15) is 23.2 Å². The molecule has 0 saturated carbocycles. The lowest BCUT2D eigenvalue weighted by Crippen LogP contribution is -2.20. The lowest BCUT2D eigenvalue weighted by molar-refractivity contribution is 0.262. The molecule has 2 amide bonds. The highest BCUT2D eigenvalue weighted by atomic mass is 19.1.